The number of thiophene rings is 1. The molecule has 0 bridgehead atoms. The van der Waals surface area contributed by atoms with E-state index < -0.39 is 16.1 Å². The minimum atomic E-state index is -4.03. The number of fused-ring (bicyclic) bond motifs is 1. The number of para-hydroxylation sites is 1. The number of hydrogen-bond donors (Lipinski definition) is 0. The normalized spacial score (nSPS) is 12.7. The monoisotopic (exact) mass is 525 g/mol. The first-order chi connectivity index (χ1) is 17.3. The summed E-state index contributed by atoms with van der Waals surface area (Å²) in [7, 11) is -4.03. The molecule has 0 saturated carbocycles. The number of benzene rings is 2. The molecule has 2 aromatic carbocycles. The van der Waals surface area contributed by atoms with E-state index in [1.54, 1.807) is 42.3 Å². The Balaban J connectivity index is 1.67. The van der Waals surface area contributed by atoms with Crippen LogP contribution in [0.5, 0.6) is 0 Å². The van der Waals surface area contributed by atoms with Crippen molar-refractivity contribution in [2.75, 3.05) is 6.54 Å². The van der Waals surface area contributed by atoms with Gasteiger partial charge in [-0.1, -0.05) is 43.3 Å². The summed E-state index contributed by atoms with van der Waals surface area (Å²) in [6.45, 7) is 3.94. The number of amides is 1. The van der Waals surface area contributed by atoms with Gasteiger partial charge >= 0.3 is 0 Å². The highest BCUT2D eigenvalue weighted by molar-refractivity contribution is 7.89. The van der Waals surface area contributed by atoms with Gasteiger partial charge in [0.1, 0.15) is 10.7 Å². The molecule has 0 aliphatic carbocycles. The second kappa shape index (κ2) is 11.3. The highest BCUT2D eigenvalue weighted by Crippen LogP contribution is 2.26. The summed E-state index contributed by atoms with van der Waals surface area (Å²) in [5.74, 6) is -0.683. The van der Waals surface area contributed by atoms with Crippen molar-refractivity contribution in [2.24, 2.45) is 0 Å². The Labute approximate surface area is 215 Å². The summed E-state index contributed by atoms with van der Waals surface area (Å²) in [6.07, 6.45) is 2.10. The number of carbonyl (C=O) groups is 1. The second-order valence-electron chi connectivity index (χ2n) is 8.59. The van der Waals surface area contributed by atoms with Crippen LogP contribution in [0.25, 0.3) is 10.9 Å². The van der Waals surface area contributed by atoms with Crippen molar-refractivity contribution in [3.63, 3.8) is 0 Å². The number of rotatable bonds is 10. The number of aromatic nitrogens is 1. The zero-order chi connectivity index (χ0) is 25.7. The van der Waals surface area contributed by atoms with Gasteiger partial charge in [0.2, 0.25) is 15.9 Å². The number of pyridine rings is 1. The van der Waals surface area contributed by atoms with Crippen LogP contribution in [0, 0.1) is 5.82 Å². The Morgan fingerprint density at radius 1 is 1.03 bits per heavy atom. The van der Waals surface area contributed by atoms with E-state index in [1.165, 1.54) is 33.8 Å². The van der Waals surface area contributed by atoms with Gasteiger partial charge in [0.05, 0.1) is 18.6 Å². The highest BCUT2D eigenvalue weighted by Gasteiger charge is 2.33. The first-order valence-corrected chi connectivity index (χ1v) is 14.0. The molecule has 2 heterocycles. The first-order valence-electron chi connectivity index (χ1n) is 11.7. The van der Waals surface area contributed by atoms with E-state index in [4.69, 9.17) is 0 Å². The van der Waals surface area contributed by atoms with E-state index in [0.717, 1.165) is 10.4 Å². The van der Waals surface area contributed by atoms with E-state index >= 15 is 0 Å². The Morgan fingerprint density at radius 3 is 2.47 bits per heavy atom. The molecule has 0 radical (unpaired) electrons. The summed E-state index contributed by atoms with van der Waals surface area (Å²) in [6, 6.07) is 18.0. The molecule has 4 rings (SSSR count). The molecule has 188 valence electrons. The summed E-state index contributed by atoms with van der Waals surface area (Å²) >= 11 is 1.52. The predicted octanol–water partition coefficient (Wildman–Crippen LogP) is 5.45. The van der Waals surface area contributed by atoms with E-state index in [-0.39, 0.29) is 29.7 Å². The molecule has 0 aliphatic rings. The maximum atomic E-state index is 13.9. The van der Waals surface area contributed by atoms with Gasteiger partial charge in [-0.05, 0) is 54.6 Å². The van der Waals surface area contributed by atoms with Gasteiger partial charge < -0.3 is 4.90 Å². The smallest absolute Gasteiger partial charge is 0.245 e. The molecule has 0 N–H and O–H groups in total. The summed E-state index contributed by atoms with van der Waals surface area (Å²) in [5, 5.41) is 2.64. The Kier molecular flexibility index (Phi) is 8.13. The van der Waals surface area contributed by atoms with Crippen molar-refractivity contribution in [1.29, 1.82) is 0 Å². The molecule has 0 aliphatic heterocycles. The van der Waals surface area contributed by atoms with Gasteiger partial charge in [0.15, 0.2) is 0 Å². The predicted molar refractivity (Wildman–Crippen MR) is 140 cm³/mol. The maximum Gasteiger partial charge on any atom is 0.245 e. The minimum absolute atomic E-state index is 0.0806. The molecule has 1 amide bonds. The van der Waals surface area contributed by atoms with Gasteiger partial charge in [0, 0.05) is 29.0 Å². The quantitative estimate of drug-likeness (QED) is 0.276. The average molecular weight is 526 g/mol. The zero-order valence-electron chi connectivity index (χ0n) is 20.2. The lowest BCUT2D eigenvalue weighted by atomic mass is 10.2. The SMILES string of the molecule is CCC(C)N(CC(=O)N(Cc1ccc(F)cc1)Cc1cccs1)S(=O)(=O)c1cccc2cccnc12. The molecular weight excluding hydrogens is 497 g/mol. The molecule has 2 aromatic heterocycles. The molecule has 1 unspecified atom stereocenters. The van der Waals surface area contributed by atoms with Gasteiger partial charge in [0.25, 0.3) is 0 Å². The summed E-state index contributed by atoms with van der Waals surface area (Å²) in [4.78, 5) is 20.6. The van der Waals surface area contributed by atoms with E-state index in [9.17, 15) is 17.6 Å². The van der Waals surface area contributed by atoms with E-state index in [0.29, 0.717) is 23.9 Å². The lowest BCUT2D eigenvalue weighted by Gasteiger charge is -2.30. The maximum absolute atomic E-state index is 13.9. The zero-order valence-corrected chi connectivity index (χ0v) is 21.8. The van der Waals surface area contributed by atoms with E-state index in [2.05, 4.69) is 4.98 Å². The van der Waals surface area contributed by atoms with Crippen LogP contribution < -0.4 is 0 Å². The summed E-state index contributed by atoms with van der Waals surface area (Å²) in [5.41, 5.74) is 1.14. The molecule has 0 saturated heterocycles. The third kappa shape index (κ3) is 5.80. The first kappa shape index (κ1) is 25.9. The third-order valence-corrected chi connectivity index (χ3v) is 8.97. The molecule has 36 heavy (non-hydrogen) atoms. The lowest BCUT2D eigenvalue weighted by Crippen LogP contribution is -2.46. The molecule has 6 nitrogen and oxygen atoms in total. The highest BCUT2D eigenvalue weighted by atomic mass is 32.2. The van der Waals surface area contributed by atoms with Crippen molar-refractivity contribution in [3.8, 4) is 0 Å². The molecular formula is C27H28FN3O3S2. The fourth-order valence-corrected chi connectivity index (χ4v) is 6.50. The van der Waals surface area contributed by atoms with Crippen LogP contribution in [0.15, 0.2) is 83.2 Å². The van der Waals surface area contributed by atoms with Gasteiger partial charge in [-0.3, -0.25) is 9.78 Å². The van der Waals surface area contributed by atoms with Crippen LogP contribution in [0.2, 0.25) is 0 Å². The standard InChI is InChI=1S/C27H28FN3O3S2/c1-3-20(2)31(36(33,34)25-10-4-7-22-8-5-15-29-27(22)25)19-26(32)30(18-24-9-6-16-35-24)17-21-11-13-23(28)14-12-21/h4-16,20H,3,17-19H2,1-2H3. The number of carbonyl (C=O) groups excluding carboxylic acids is 1. The third-order valence-electron chi connectivity index (χ3n) is 6.12. The van der Waals surface area contributed by atoms with Crippen molar-refractivity contribution in [1.82, 2.24) is 14.2 Å². The van der Waals surface area contributed by atoms with Gasteiger partial charge in [-0.15, -0.1) is 11.3 Å². The Bertz CT molecular complexity index is 1420. The molecule has 0 fully saturated rings. The van der Waals surface area contributed by atoms with Crippen molar-refractivity contribution in [3.05, 3.63) is 94.6 Å². The molecule has 9 heteroatoms. The average Bonchev–Trinajstić information content (AvgIpc) is 3.40. The number of hydrogen-bond acceptors (Lipinski definition) is 5. The second-order valence-corrected chi connectivity index (χ2v) is 11.5. The number of nitrogens with zero attached hydrogens (tertiary/aromatic N) is 3. The van der Waals surface area contributed by atoms with Crippen molar-refractivity contribution < 1.29 is 17.6 Å². The summed E-state index contributed by atoms with van der Waals surface area (Å²) < 4.78 is 42.5. The van der Waals surface area contributed by atoms with Crippen LogP contribution in [0.3, 0.4) is 0 Å². The van der Waals surface area contributed by atoms with Crippen LogP contribution in [0.1, 0.15) is 30.7 Å². The lowest BCUT2D eigenvalue weighted by molar-refractivity contribution is -0.133. The van der Waals surface area contributed by atoms with Crippen LogP contribution in [-0.2, 0) is 27.9 Å². The fraction of sp³-hybridized carbons (Fsp3) is 0.259. The van der Waals surface area contributed by atoms with Gasteiger partial charge in [-0.2, -0.15) is 4.31 Å². The topological polar surface area (TPSA) is 70.6 Å². The molecule has 1 atom stereocenters. The van der Waals surface area contributed by atoms with Crippen LogP contribution in [-0.4, -0.2) is 41.1 Å². The van der Waals surface area contributed by atoms with Crippen LogP contribution >= 0.6 is 11.3 Å². The number of halogens is 1. The fourth-order valence-electron chi connectivity index (χ4n) is 3.96. The molecule has 4 aromatic rings. The minimum Gasteiger partial charge on any atom is -0.332 e. The van der Waals surface area contributed by atoms with E-state index in [1.807, 2.05) is 36.6 Å². The largest absolute Gasteiger partial charge is 0.332 e. The van der Waals surface area contributed by atoms with Gasteiger partial charge in [-0.25, -0.2) is 12.8 Å². The van der Waals surface area contributed by atoms with Crippen molar-refractivity contribution in [2.45, 2.75) is 44.3 Å². The molecule has 0 spiro atoms. The number of sulfonamides is 1. The Morgan fingerprint density at radius 2 is 1.78 bits per heavy atom. The van der Waals surface area contributed by atoms with Crippen molar-refractivity contribution >= 4 is 38.2 Å². The Hall–Kier alpha value is -3.14. The van der Waals surface area contributed by atoms with Crippen LogP contribution in [0.4, 0.5) is 4.39 Å².